The number of thioether (sulfide) groups is 1. The Labute approximate surface area is 181 Å². The lowest BCUT2D eigenvalue weighted by Gasteiger charge is -2.09. The summed E-state index contributed by atoms with van der Waals surface area (Å²) in [6.45, 7) is 0.435. The van der Waals surface area contributed by atoms with E-state index in [9.17, 15) is 4.79 Å². The Morgan fingerprint density at radius 1 is 1.03 bits per heavy atom. The standard InChI is InChI=1S/C21H15Cl2N3O2S/c22-15-6-3-5-14(11-15)20-24-25-21(26(20)12-16-7-4-10-28-16)29-13-19(27)17-8-1-2-9-18(17)23/h1-11H,12-13H2. The highest BCUT2D eigenvalue weighted by Crippen LogP contribution is 2.28. The molecule has 0 saturated heterocycles. The Balaban J connectivity index is 1.62. The number of carbonyl (C=O) groups excluding carboxylic acids is 1. The van der Waals surface area contributed by atoms with E-state index in [1.165, 1.54) is 11.8 Å². The van der Waals surface area contributed by atoms with Crippen LogP contribution in [0.4, 0.5) is 0 Å². The molecule has 2 heterocycles. The second-order valence-corrected chi connectivity index (χ2v) is 7.96. The van der Waals surface area contributed by atoms with Gasteiger partial charge in [0.2, 0.25) is 0 Å². The number of hydrogen-bond donors (Lipinski definition) is 0. The van der Waals surface area contributed by atoms with Crippen LogP contribution >= 0.6 is 35.0 Å². The second-order valence-electron chi connectivity index (χ2n) is 6.17. The molecule has 0 fully saturated rings. The van der Waals surface area contributed by atoms with Crippen molar-refractivity contribution in [1.29, 1.82) is 0 Å². The molecule has 0 spiro atoms. The highest BCUT2D eigenvalue weighted by atomic mass is 35.5. The fraction of sp³-hybridized carbons (Fsp3) is 0.0952. The summed E-state index contributed by atoms with van der Waals surface area (Å²) in [6.07, 6.45) is 1.62. The first-order valence-corrected chi connectivity index (χ1v) is 10.5. The van der Waals surface area contributed by atoms with E-state index in [0.29, 0.717) is 33.1 Å². The zero-order valence-corrected chi connectivity index (χ0v) is 17.4. The number of aromatic nitrogens is 3. The average Bonchev–Trinajstić information content (AvgIpc) is 3.37. The van der Waals surface area contributed by atoms with Gasteiger partial charge < -0.3 is 4.42 Å². The van der Waals surface area contributed by atoms with Crippen LogP contribution in [0, 0.1) is 0 Å². The largest absolute Gasteiger partial charge is 0.467 e. The van der Waals surface area contributed by atoms with E-state index in [1.807, 2.05) is 34.9 Å². The Kier molecular flexibility index (Phi) is 6.04. The summed E-state index contributed by atoms with van der Waals surface area (Å²) in [5, 5.41) is 10.3. The molecule has 8 heteroatoms. The summed E-state index contributed by atoms with van der Waals surface area (Å²) in [7, 11) is 0. The molecule has 4 rings (SSSR count). The van der Waals surface area contributed by atoms with Gasteiger partial charge in [0.05, 0.1) is 23.6 Å². The Morgan fingerprint density at radius 2 is 1.90 bits per heavy atom. The third-order valence-electron chi connectivity index (χ3n) is 4.20. The zero-order chi connectivity index (χ0) is 20.2. The van der Waals surface area contributed by atoms with E-state index in [1.54, 1.807) is 36.6 Å². The van der Waals surface area contributed by atoms with Crippen LogP contribution in [0.15, 0.2) is 76.5 Å². The first-order valence-electron chi connectivity index (χ1n) is 8.74. The van der Waals surface area contributed by atoms with Gasteiger partial charge in [0.1, 0.15) is 5.76 Å². The molecule has 0 radical (unpaired) electrons. The van der Waals surface area contributed by atoms with Crippen LogP contribution in [0.5, 0.6) is 0 Å². The highest BCUT2D eigenvalue weighted by Gasteiger charge is 2.18. The third kappa shape index (κ3) is 4.56. The molecule has 0 unspecified atom stereocenters. The van der Waals surface area contributed by atoms with Gasteiger partial charge in [-0.3, -0.25) is 9.36 Å². The quantitative estimate of drug-likeness (QED) is 0.264. The Morgan fingerprint density at radius 3 is 2.66 bits per heavy atom. The number of rotatable bonds is 7. The smallest absolute Gasteiger partial charge is 0.192 e. The van der Waals surface area contributed by atoms with Gasteiger partial charge in [0.25, 0.3) is 0 Å². The van der Waals surface area contributed by atoms with Gasteiger partial charge in [-0.25, -0.2) is 0 Å². The van der Waals surface area contributed by atoms with Gasteiger partial charge in [0, 0.05) is 16.1 Å². The summed E-state index contributed by atoms with van der Waals surface area (Å²) in [5.41, 5.74) is 1.33. The summed E-state index contributed by atoms with van der Waals surface area (Å²) in [4.78, 5) is 12.6. The molecule has 29 heavy (non-hydrogen) atoms. The van der Waals surface area contributed by atoms with Crippen molar-refractivity contribution >= 4 is 40.7 Å². The van der Waals surface area contributed by atoms with Crippen molar-refractivity contribution in [2.24, 2.45) is 0 Å². The molecule has 0 bridgehead atoms. The Hall–Kier alpha value is -2.54. The molecular formula is C21H15Cl2N3O2S. The lowest BCUT2D eigenvalue weighted by Crippen LogP contribution is -2.07. The number of carbonyl (C=O) groups is 1. The van der Waals surface area contributed by atoms with Crippen LogP contribution in [0.1, 0.15) is 16.1 Å². The molecule has 4 aromatic rings. The lowest BCUT2D eigenvalue weighted by molar-refractivity contribution is 0.102. The molecule has 0 aliphatic carbocycles. The molecule has 0 aliphatic heterocycles. The van der Waals surface area contributed by atoms with Crippen molar-refractivity contribution in [3.63, 3.8) is 0 Å². The fourth-order valence-corrected chi connectivity index (χ4v) is 4.09. The van der Waals surface area contributed by atoms with Gasteiger partial charge in [0.15, 0.2) is 16.8 Å². The van der Waals surface area contributed by atoms with E-state index in [0.717, 1.165) is 11.3 Å². The van der Waals surface area contributed by atoms with Crippen molar-refractivity contribution in [2.75, 3.05) is 5.75 Å². The predicted octanol–water partition coefficient (Wildman–Crippen LogP) is 5.87. The number of halogens is 2. The summed E-state index contributed by atoms with van der Waals surface area (Å²) >= 11 is 13.6. The lowest BCUT2D eigenvalue weighted by atomic mass is 10.1. The second kappa shape index (κ2) is 8.86. The van der Waals surface area contributed by atoms with Crippen LogP contribution in [-0.4, -0.2) is 26.3 Å². The van der Waals surface area contributed by atoms with E-state index in [2.05, 4.69) is 10.2 Å². The van der Waals surface area contributed by atoms with Crippen LogP contribution in [0.2, 0.25) is 10.0 Å². The number of ketones is 1. The maximum Gasteiger partial charge on any atom is 0.192 e. The molecule has 0 aliphatic rings. The van der Waals surface area contributed by atoms with E-state index in [-0.39, 0.29) is 11.5 Å². The van der Waals surface area contributed by atoms with E-state index >= 15 is 0 Å². The maximum atomic E-state index is 12.6. The molecule has 0 amide bonds. The minimum Gasteiger partial charge on any atom is -0.467 e. The van der Waals surface area contributed by atoms with E-state index < -0.39 is 0 Å². The molecule has 0 atom stereocenters. The van der Waals surface area contributed by atoms with Gasteiger partial charge >= 0.3 is 0 Å². The van der Waals surface area contributed by atoms with Crippen molar-refractivity contribution in [3.8, 4) is 11.4 Å². The zero-order valence-electron chi connectivity index (χ0n) is 15.1. The van der Waals surface area contributed by atoms with Gasteiger partial charge in [-0.2, -0.15) is 0 Å². The SMILES string of the molecule is O=C(CSc1nnc(-c2cccc(Cl)c2)n1Cc1ccco1)c1ccccc1Cl. The fourth-order valence-electron chi connectivity index (χ4n) is 2.83. The number of Topliss-reactive ketones (excluding diaryl/α,β-unsaturated/α-hetero) is 1. The van der Waals surface area contributed by atoms with Gasteiger partial charge in [-0.05, 0) is 36.4 Å². The molecule has 0 N–H and O–H groups in total. The Bertz CT molecular complexity index is 1140. The summed E-state index contributed by atoms with van der Waals surface area (Å²) < 4.78 is 7.40. The average molecular weight is 444 g/mol. The molecule has 0 saturated carbocycles. The number of hydrogen-bond acceptors (Lipinski definition) is 5. The van der Waals surface area contributed by atoms with Crippen LogP contribution in [-0.2, 0) is 6.54 Å². The molecule has 2 aromatic heterocycles. The number of nitrogens with zero attached hydrogens (tertiary/aromatic N) is 3. The topological polar surface area (TPSA) is 60.9 Å². The minimum absolute atomic E-state index is 0.0718. The van der Waals surface area contributed by atoms with Crippen LogP contribution in [0.3, 0.4) is 0 Å². The van der Waals surface area contributed by atoms with Crippen molar-refractivity contribution in [1.82, 2.24) is 14.8 Å². The first kappa shape index (κ1) is 19.8. The van der Waals surface area contributed by atoms with E-state index in [4.69, 9.17) is 27.6 Å². The highest BCUT2D eigenvalue weighted by molar-refractivity contribution is 7.99. The molecular weight excluding hydrogens is 429 g/mol. The summed E-state index contributed by atoms with van der Waals surface area (Å²) in [6, 6.07) is 18.1. The number of furan rings is 1. The van der Waals surface area contributed by atoms with Gasteiger partial charge in [-0.15, -0.1) is 10.2 Å². The minimum atomic E-state index is -0.0718. The molecule has 5 nitrogen and oxygen atoms in total. The monoisotopic (exact) mass is 443 g/mol. The van der Waals surface area contributed by atoms with Crippen molar-refractivity contribution in [2.45, 2.75) is 11.7 Å². The summed E-state index contributed by atoms with van der Waals surface area (Å²) in [5.74, 6) is 1.52. The number of benzene rings is 2. The van der Waals surface area contributed by atoms with Crippen molar-refractivity contribution < 1.29 is 9.21 Å². The third-order valence-corrected chi connectivity index (χ3v) is 5.73. The maximum absolute atomic E-state index is 12.6. The van der Waals surface area contributed by atoms with Gasteiger partial charge in [-0.1, -0.05) is 59.2 Å². The molecule has 146 valence electrons. The van der Waals surface area contributed by atoms with Crippen LogP contribution in [0.25, 0.3) is 11.4 Å². The van der Waals surface area contributed by atoms with Crippen LogP contribution < -0.4 is 0 Å². The normalized spacial score (nSPS) is 11.0. The predicted molar refractivity (Wildman–Crippen MR) is 115 cm³/mol. The molecule has 2 aromatic carbocycles. The van der Waals surface area contributed by atoms with Crippen molar-refractivity contribution in [3.05, 3.63) is 88.3 Å². The first-order chi connectivity index (χ1) is 14.1.